The first-order chi connectivity index (χ1) is 9.11. The summed E-state index contributed by atoms with van der Waals surface area (Å²) in [5.74, 6) is -0.991. The molecule has 1 aromatic carbocycles. The van der Waals surface area contributed by atoms with E-state index in [-0.39, 0.29) is 5.56 Å². The number of aryl methyl sites for hydroxylation is 1. The molecule has 19 heavy (non-hydrogen) atoms. The van der Waals surface area contributed by atoms with Gasteiger partial charge in [0.05, 0.1) is 11.1 Å². The van der Waals surface area contributed by atoms with Crippen molar-refractivity contribution in [2.75, 3.05) is 0 Å². The summed E-state index contributed by atoms with van der Waals surface area (Å²) in [5.41, 5.74) is 1.71. The van der Waals surface area contributed by atoms with Crippen LogP contribution in [0.4, 0.5) is 0 Å². The molecular formula is C14H10N2O2S. The number of pyridine rings is 1. The van der Waals surface area contributed by atoms with E-state index in [1.807, 2.05) is 19.1 Å². The fraction of sp³-hybridized carbons (Fsp3) is 0.0714. The normalized spacial score (nSPS) is 9.89. The number of carboxylic acids is 1. The smallest absolute Gasteiger partial charge is 0.335 e. The van der Waals surface area contributed by atoms with Gasteiger partial charge in [0.2, 0.25) is 0 Å². The van der Waals surface area contributed by atoms with Gasteiger partial charge in [-0.2, -0.15) is 5.26 Å². The number of benzene rings is 1. The van der Waals surface area contributed by atoms with Gasteiger partial charge in [-0.05, 0) is 30.7 Å². The minimum Gasteiger partial charge on any atom is -0.478 e. The Hall–Kier alpha value is -2.32. The van der Waals surface area contributed by atoms with E-state index in [4.69, 9.17) is 10.4 Å². The predicted octanol–water partition coefficient (Wildman–Crippen LogP) is 3.11. The van der Waals surface area contributed by atoms with Crippen LogP contribution in [0.2, 0.25) is 0 Å². The Morgan fingerprint density at radius 2 is 2.21 bits per heavy atom. The third kappa shape index (κ3) is 2.92. The summed E-state index contributed by atoms with van der Waals surface area (Å²) < 4.78 is 0. The average Bonchev–Trinajstić information content (AvgIpc) is 2.41. The lowest BCUT2D eigenvalue weighted by molar-refractivity contribution is 0.0696. The molecule has 0 atom stereocenters. The number of aromatic nitrogens is 1. The van der Waals surface area contributed by atoms with Crippen LogP contribution >= 0.6 is 11.8 Å². The highest BCUT2D eigenvalue weighted by molar-refractivity contribution is 7.99. The molecule has 1 aromatic heterocycles. The van der Waals surface area contributed by atoms with Crippen LogP contribution in [-0.2, 0) is 0 Å². The van der Waals surface area contributed by atoms with Gasteiger partial charge in [0.25, 0.3) is 0 Å². The van der Waals surface area contributed by atoms with Gasteiger partial charge in [-0.3, -0.25) is 0 Å². The highest BCUT2D eigenvalue weighted by Crippen LogP contribution is 2.31. The van der Waals surface area contributed by atoms with Gasteiger partial charge >= 0.3 is 5.97 Å². The van der Waals surface area contributed by atoms with Gasteiger partial charge in [-0.25, -0.2) is 9.78 Å². The molecule has 0 saturated heterocycles. The molecule has 0 aliphatic rings. The van der Waals surface area contributed by atoms with E-state index in [0.29, 0.717) is 10.6 Å². The van der Waals surface area contributed by atoms with Crippen molar-refractivity contribution in [1.82, 2.24) is 4.98 Å². The van der Waals surface area contributed by atoms with Gasteiger partial charge in [0.15, 0.2) is 0 Å². The van der Waals surface area contributed by atoms with Crippen LogP contribution in [-0.4, -0.2) is 16.1 Å². The van der Waals surface area contributed by atoms with Crippen LogP contribution in [0.1, 0.15) is 21.5 Å². The van der Waals surface area contributed by atoms with Crippen molar-refractivity contribution in [3.63, 3.8) is 0 Å². The van der Waals surface area contributed by atoms with E-state index >= 15 is 0 Å². The first-order valence-corrected chi connectivity index (χ1v) is 6.30. The fourth-order valence-electron chi connectivity index (χ4n) is 1.58. The summed E-state index contributed by atoms with van der Waals surface area (Å²) in [6.07, 6.45) is 1.45. The molecule has 0 bridgehead atoms. The quantitative estimate of drug-likeness (QED) is 0.927. The van der Waals surface area contributed by atoms with Gasteiger partial charge < -0.3 is 5.11 Å². The molecule has 0 amide bonds. The first-order valence-electron chi connectivity index (χ1n) is 5.48. The molecule has 0 fully saturated rings. The second kappa shape index (κ2) is 5.55. The van der Waals surface area contributed by atoms with E-state index in [2.05, 4.69) is 11.1 Å². The zero-order chi connectivity index (χ0) is 13.8. The zero-order valence-corrected chi connectivity index (χ0v) is 10.9. The van der Waals surface area contributed by atoms with Crippen molar-refractivity contribution >= 4 is 17.7 Å². The van der Waals surface area contributed by atoms with Gasteiger partial charge in [0.1, 0.15) is 11.1 Å². The van der Waals surface area contributed by atoms with Crippen molar-refractivity contribution in [3.8, 4) is 6.07 Å². The number of aromatic carboxylic acids is 1. The largest absolute Gasteiger partial charge is 0.478 e. The monoisotopic (exact) mass is 270 g/mol. The summed E-state index contributed by atoms with van der Waals surface area (Å²) in [5, 5.41) is 18.6. The lowest BCUT2D eigenvalue weighted by atomic mass is 10.1. The molecule has 2 rings (SSSR count). The molecular weight excluding hydrogens is 260 g/mol. The summed E-state index contributed by atoms with van der Waals surface area (Å²) in [6.45, 7) is 1.91. The molecule has 4 nitrogen and oxygen atoms in total. The minimum atomic E-state index is -0.991. The molecule has 1 heterocycles. The molecule has 0 saturated carbocycles. The molecule has 0 radical (unpaired) electrons. The van der Waals surface area contributed by atoms with E-state index in [1.54, 1.807) is 6.07 Å². The van der Waals surface area contributed by atoms with Crippen LogP contribution in [0, 0.1) is 18.3 Å². The van der Waals surface area contributed by atoms with Crippen LogP contribution < -0.4 is 0 Å². The second-order valence-corrected chi connectivity index (χ2v) is 4.88. The Labute approximate surface area is 114 Å². The highest BCUT2D eigenvalue weighted by Gasteiger charge is 2.10. The minimum absolute atomic E-state index is 0.185. The third-order valence-electron chi connectivity index (χ3n) is 2.52. The van der Waals surface area contributed by atoms with Crippen molar-refractivity contribution in [1.29, 1.82) is 5.26 Å². The molecule has 0 unspecified atom stereocenters. The van der Waals surface area contributed by atoms with Crippen LogP contribution in [0.3, 0.4) is 0 Å². The Balaban J connectivity index is 2.39. The molecule has 0 aliphatic heterocycles. The summed E-state index contributed by atoms with van der Waals surface area (Å²) in [7, 11) is 0. The summed E-state index contributed by atoms with van der Waals surface area (Å²) in [6, 6.07) is 10.5. The SMILES string of the molecule is Cc1cccc(C#N)c1Sc1cc(C(=O)O)ccn1. The third-order valence-corrected chi connectivity index (χ3v) is 3.70. The summed E-state index contributed by atoms with van der Waals surface area (Å²) in [4.78, 5) is 15.8. The Morgan fingerprint density at radius 3 is 2.89 bits per heavy atom. The van der Waals surface area contributed by atoms with E-state index < -0.39 is 5.97 Å². The first kappa shape index (κ1) is 13.1. The zero-order valence-electron chi connectivity index (χ0n) is 10.1. The van der Waals surface area contributed by atoms with E-state index in [1.165, 1.54) is 30.1 Å². The lowest BCUT2D eigenvalue weighted by Gasteiger charge is -2.07. The summed E-state index contributed by atoms with van der Waals surface area (Å²) >= 11 is 1.30. The number of nitrogens with zero attached hydrogens (tertiary/aromatic N) is 2. The standard InChI is InChI=1S/C14H10N2O2S/c1-9-3-2-4-11(8-15)13(9)19-12-7-10(14(17)18)5-6-16-12/h2-7H,1H3,(H,17,18). The number of carbonyl (C=O) groups is 1. The number of carboxylic acid groups (broad SMARTS) is 1. The maximum Gasteiger partial charge on any atom is 0.335 e. The van der Waals surface area contributed by atoms with Crippen LogP contribution in [0.15, 0.2) is 46.5 Å². The molecule has 1 N–H and O–H groups in total. The van der Waals surface area contributed by atoms with E-state index in [9.17, 15) is 4.79 Å². The molecule has 0 aliphatic carbocycles. The van der Waals surface area contributed by atoms with Gasteiger partial charge in [-0.1, -0.05) is 23.9 Å². The number of nitriles is 1. The van der Waals surface area contributed by atoms with Crippen LogP contribution in [0.25, 0.3) is 0 Å². The second-order valence-electron chi connectivity index (χ2n) is 3.85. The van der Waals surface area contributed by atoms with E-state index in [0.717, 1.165) is 10.5 Å². The number of rotatable bonds is 3. The molecule has 2 aromatic rings. The molecule has 5 heteroatoms. The van der Waals surface area contributed by atoms with Crippen molar-refractivity contribution < 1.29 is 9.90 Å². The number of hydrogen-bond acceptors (Lipinski definition) is 4. The van der Waals surface area contributed by atoms with Crippen molar-refractivity contribution in [2.24, 2.45) is 0 Å². The van der Waals surface area contributed by atoms with Crippen molar-refractivity contribution in [3.05, 3.63) is 53.2 Å². The topological polar surface area (TPSA) is 74.0 Å². The molecule has 94 valence electrons. The Bertz CT molecular complexity index is 677. The number of hydrogen-bond donors (Lipinski definition) is 1. The Kier molecular flexibility index (Phi) is 3.83. The van der Waals surface area contributed by atoms with Crippen LogP contribution in [0.5, 0.6) is 0 Å². The fourth-order valence-corrected chi connectivity index (χ4v) is 2.54. The predicted molar refractivity (Wildman–Crippen MR) is 71.2 cm³/mol. The highest BCUT2D eigenvalue weighted by atomic mass is 32.2. The lowest BCUT2D eigenvalue weighted by Crippen LogP contribution is -1.97. The van der Waals surface area contributed by atoms with Gasteiger partial charge in [-0.15, -0.1) is 0 Å². The van der Waals surface area contributed by atoms with Crippen molar-refractivity contribution in [2.45, 2.75) is 16.8 Å². The molecule has 0 spiro atoms. The van der Waals surface area contributed by atoms with Gasteiger partial charge in [0, 0.05) is 11.1 Å². The Morgan fingerprint density at radius 1 is 1.42 bits per heavy atom. The average molecular weight is 270 g/mol. The maximum absolute atomic E-state index is 10.9. The maximum atomic E-state index is 10.9.